The maximum atomic E-state index is 12.4. The summed E-state index contributed by atoms with van der Waals surface area (Å²) < 4.78 is 6.17. The molecule has 3 aromatic rings. The second-order valence-corrected chi connectivity index (χ2v) is 8.80. The average molecular weight is 464 g/mol. The van der Waals surface area contributed by atoms with Gasteiger partial charge in [-0.2, -0.15) is 0 Å². The summed E-state index contributed by atoms with van der Waals surface area (Å²) in [6.45, 7) is 0.473. The van der Waals surface area contributed by atoms with Gasteiger partial charge in [0.2, 0.25) is 0 Å². The first-order valence-corrected chi connectivity index (χ1v) is 11.4. The van der Waals surface area contributed by atoms with E-state index in [0.29, 0.717) is 6.61 Å². The second kappa shape index (κ2) is 10.1. The number of nitrogens with one attached hydrogen (secondary N) is 2. The predicted octanol–water partition coefficient (Wildman–Crippen LogP) is 3.37. The quantitative estimate of drug-likeness (QED) is 0.347. The third kappa shape index (κ3) is 4.82. The van der Waals surface area contributed by atoms with E-state index in [2.05, 4.69) is 10.6 Å². The van der Waals surface area contributed by atoms with Crippen molar-refractivity contribution < 1.29 is 14.6 Å². The van der Waals surface area contributed by atoms with Gasteiger partial charge < -0.3 is 25.4 Å². The Balaban J connectivity index is 1.51. The highest BCUT2D eigenvalue weighted by atomic mass is 16.5. The van der Waals surface area contributed by atoms with Crippen molar-refractivity contribution in [2.45, 2.75) is 44.4 Å². The van der Waals surface area contributed by atoms with Gasteiger partial charge in [0.15, 0.2) is 5.75 Å². The minimum Gasteiger partial charge on any atom is -0.505 e. The van der Waals surface area contributed by atoms with Crippen LogP contribution in [0.2, 0.25) is 0 Å². The Morgan fingerprint density at radius 2 is 1.71 bits per heavy atom. The van der Waals surface area contributed by atoms with E-state index in [0.717, 1.165) is 31.2 Å². The number of hydrogen-bond acceptors (Lipinski definition) is 7. The molecule has 2 atom stereocenters. The van der Waals surface area contributed by atoms with Crippen molar-refractivity contribution in [3.63, 3.8) is 0 Å². The lowest BCUT2D eigenvalue weighted by Crippen LogP contribution is -2.44. The molecule has 1 fully saturated rings. The number of hydrogen-bond donors (Lipinski definition) is 3. The Morgan fingerprint density at radius 3 is 2.44 bits per heavy atom. The zero-order valence-electron chi connectivity index (χ0n) is 19.3. The Hall–Kier alpha value is -3.65. The van der Waals surface area contributed by atoms with Crippen LogP contribution in [0.5, 0.6) is 5.75 Å². The monoisotopic (exact) mass is 463 g/mol. The molecule has 0 heterocycles. The van der Waals surface area contributed by atoms with E-state index in [1.165, 1.54) is 11.0 Å². The number of para-hydroxylation sites is 1. The Labute approximate surface area is 197 Å². The van der Waals surface area contributed by atoms with E-state index in [4.69, 9.17) is 4.74 Å². The maximum Gasteiger partial charge on any atom is 0.257 e. The normalized spacial score (nSPS) is 17.9. The summed E-state index contributed by atoms with van der Waals surface area (Å²) in [5.74, 6) is -0.646. The van der Waals surface area contributed by atoms with Gasteiger partial charge in [-0.1, -0.05) is 49.2 Å². The molecule has 4 rings (SSSR count). The molecular formula is C26H29N3O5. The summed E-state index contributed by atoms with van der Waals surface area (Å²) in [7, 11) is 3.17. The van der Waals surface area contributed by atoms with Crippen molar-refractivity contribution in [1.29, 1.82) is 0 Å². The van der Waals surface area contributed by atoms with Crippen molar-refractivity contribution in [2.75, 3.05) is 24.7 Å². The van der Waals surface area contributed by atoms with E-state index in [1.54, 1.807) is 26.2 Å². The highest BCUT2D eigenvalue weighted by Crippen LogP contribution is 2.33. The predicted molar refractivity (Wildman–Crippen MR) is 132 cm³/mol. The molecular weight excluding hydrogens is 434 g/mol. The molecule has 8 nitrogen and oxygen atoms in total. The fraction of sp³-hybridized carbons (Fsp3) is 0.346. The van der Waals surface area contributed by atoms with Crippen LogP contribution in [-0.4, -0.2) is 42.2 Å². The highest BCUT2D eigenvalue weighted by molar-refractivity contribution is 5.99. The minimum absolute atomic E-state index is 0.0853. The minimum atomic E-state index is -0.663. The van der Waals surface area contributed by atoms with Crippen molar-refractivity contribution in [1.82, 2.24) is 4.90 Å². The SMILES string of the molecule is CN(C)C(=O)c1cccc(Nc2c(N[C@H]3CCCC[C@@H]3OCc3ccccc3)c(=O)c2=O)c1O. The molecule has 0 aliphatic heterocycles. The molecule has 3 N–H and O–H groups in total. The highest BCUT2D eigenvalue weighted by Gasteiger charge is 2.31. The number of aromatic hydroxyl groups is 1. The summed E-state index contributed by atoms with van der Waals surface area (Å²) in [5, 5.41) is 16.7. The molecule has 0 radical (unpaired) electrons. The smallest absolute Gasteiger partial charge is 0.257 e. The van der Waals surface area contributed by atoms with Crippen molar-refractivity contribution in [2.24, 2.45) is 0 Å². The Bertz CT molecular complexity index is 1230. The number of carbonyl (C=O) groups excluding carboxylic acids is 1. The van der Waals surface area contributed by atoms with Crippen molar-refractivity contribution >= 4 is 23.0 Å². The lowest BCUT2D eigenvalue weighted by Gasteiger charge is -2.33. The number of carbonyl (C=O) groups is 1. The van der Waals surface area contributed by atoms with Crippen LogP contribution < -0.4 is 21.5 Å². The van der Waals surface area contributed by atoms with Gasteiger partial charge in [0, 0.05) is 14.1 Å². The number of anilines is 3. The molecule has 1 amide bonds. The summed E-state index contributed by atoms with van der Waals surface area (Å²) in [6.07, 6.45) is 3.61. The van der Waals surface area contributed by atoms with E-state index >= 15 is 0 Å². The number of nitrogens with zero attached hydrogens (tertiary/aromatic N) is 1. The van der Waals surface area contributed by atoms with E-state index in [-0.39, 0.29) is 46.4 Å². The van der Waals surface area contributed by atoms with Crippen LogP contribution in [0.15, 0.2) is 58.1 Å². The molecule has 0 spiro atoms. The molecule has 3 aromatic carbocycles. The number of phenols is 1. The largest absolute Gasteiger partial charge is 0.505 e. The first-order chi connectivity index (χ1) is 16.4. The summed E-state index contributed by atoms with van der Waals surface area (Å²) in [5.41, 5.74) is 0.369. The molecule has 0 aromatic heterocycles. The van der Waals surface area contributed by atoms with Gasteiger partial charge in [0.1, 0.15) is 11.4 Å². The number of phenolic OH excluding ortho intramolecular Hbond substituents is 1. The molecule has 0 unspecified atom stereocenters. The molecule has 0 bridgehead atoms. The molecule has 178 valence electrons. The van der Waals surface area contributed by atoms with Gasteiger partial charge in [0.05, 0.1) is 30.0 Å². The first-order valence-electron chi connectivity index (χ1n) is 11.4. The molecule has 8 heteroatoms. The number of amides is 1. The lowest BCUT2D eigenvalue weighted by molar-refractivity contribution is 0.00881. The first kappa shape index (κ1) is 23.5. The van der Waals surface area contributed by atoms with E-state index < -0.39 is 10.9 Å². The zero-order chi connectivity index (χ0) is 24.2. The van der Waals surface area contributed by atoms with Crippen LogP contribution >= 0.6 is 0 Å². The van der Waals surface area contributed by atoms with E-state index in [9.17, 15) is 19.5 Å². The van der Waals surface area contributed by atoms with Crippen molar-refractivity contribution in [3.05, 3.63) is 80.1 Å². The van der Waals surface area contributed by atoms with Crippen LogP contribution in [0.3, 0.4) is 0 Å². The van der Waals surface area contributed by atoms with Crippen molar-refractivity contribution in [3.8, 4) is 5.75 Å². The number of benzene rings is 2. The molecule has 1 saturated carbocycles. The molecule has 34 heavy (non-hydrogen) atoms. The average Bonchev–Trinajstić information content (AvgIpc) is 2.86. The Kier molecular flexibility index (Phi) is 6.98. The lowest BCUT2D eigenvalue weighted by atomic mass is 9.91. The fourth-order valence-corrected chi connectivity index (χ4v) is 4.27. The zero-order valence-corrected chi connectivity index (χ0v) is 19.3. The topological polar surface area (TPSA) is 108 Å². The number of ether oxygens (including phenoxy) is 1. The second-order valence-electron chi connectivity index (χ2n) is 8.80. The van der Waals surface area contributed by atoms with E-state index in [1.807, 2.05) is 30.3 Å². The molecule has 0 saturated heterocycles. The van der Waals surface area contributed by atoms with Gasteiger partial charge in [-0.25, -0.2) is 0 Å². The summed E-state index contributed by atoms with van der Waals surface area (Å²) in [4.78, 5) is 38.4. The van der Waals surface area contributed by atoms with Crippen LogP contribution in [0, 0.1) is 0 Å². The van der Waals surface area contributed by atoms with Gasteiger partial charge in [0.25, 0.3) is 16.8 Å². The third-order valence-electron chi connectivity index (χ3n) is 6.18. The Morgan fingerprint density at radius 1 is 1.00 bits per heavy atom. The van der Waals surface area contributed by atoms with Gasteiger partial charge in [-0.05, 0) is 30.5 Å². The standard InChI is InChI=1S/C26H29N3O5/c1-29(2)26(33)17-11-8-13-19(23(17)30)28-22-21(24(31)25(22)32)27-18-12-6-7-14-20(18)34-15-16-9-4-3-5-10-16/h3-5,8-11,13,18,20,27-28,30H,6-7,12,14-15H2,1-2H3/t18-,20-/m0/s1. The van der Waals surface area contributed by atoms with Gasteiger partial charge in [-0.15, -0.1) is 0 Å². The van der Waals surface area contributed by atoms with Crippen LogP contribution in [0.4, 0.5) is 17.1 Å². The fourth-order valence-electron chi connectivity index (χ4n) is 4.27. The van der Waals surface area contributed by atoms with Crippen LogP contribution in [0.25, 0.3) is 0 Å². The van der Waals surface area contributed by atoms with Crippen LogP contribution in [0.1, 0.15) is 41.6 Å². The van der Waals surface area contributed by atoms with Crippen LogP contribution in [-0.2, 0) is 11.3 Å². The maximum absolute atomic E-state index is 12.4. The summed E-state index contributed by atoms with van der Waals surface area (Å²) in [6, 6.07) is 14.4. The molecule has 1 aliphatic rings. The van der Waals surface area contributed by atoms with Gasteiger partial charge >= 0.3 is 0 Å². The summed E-state index contributed by atoms with van der Waals surface area (Å²) >= 11 is 0. The molecule has 1 aliphatic carbocycles. The van der Waals surface area contributed by atoms with Gasteiger partial charge in [-0.3, -0.25) is 14.4 Å². The third-order valence-corrected chi connectivity index (χ3v) is 6.18. The number of rotatable bonds is 8.